The second-order valence-electron chi connectivity index (χ2n) is 5.23. The predicted molar refractivity (Wildman–Crippen MR) is 67.4 cm³/mol. The number of benzene rings is 1. The van der Waals surface area contributed by atoms with Crippen LogP contribution in [-0.2, 0) is 6.54 Å². The highest BCUT2D eigenvalue weighted by Gasteiger charge is 2.30. The molecule has 1 aliphatic rings. The lowest BCUT2D eigenvalue weighted by Crippen LogP contribution is -2.42. The molecule has 3 nitrogen and oxygen atoms in total. The van der Waals surface area contributed by atoms with E-state index in [2.05, 4.69) is 0 Å². The minimum Gasteiger partial charge on any atom is -0.478 e. The number of hydrogen-bond donors (Lipinski definition) is 1. The standard InChI is InChI=1S/C14H18FNO2/c1-14(15)6-3-7-16(10-14)9-11-4-2-5-12(8-11)13(17)18/h2,4-5,8H,3,6-7,9-10H2,1H3,(H,17,18). The molecule has 1 heterocycles. The number of piperidine rings is 1. The van der Waals surface area contributed by atoms with Crippen LogP contribution >= 0.6 is 0 Å². The number of hydrogen-bond acceptors (Lipinski definition) is 2. The Morgan fingerprint density at radius 2 is 2.33 bits per heavy atom. The molecule has 1 N–H and O–H groups in total. The topological polar surface area (TPSA) is 40.5 Å². The quantitative estimate of drug-likeness (QED) is 0.898. The van der Waals surface area contributed by atoms with Crippen LogP contribution in [0.25, 0.3) is 0 Å². The highest BCUT2D eigenvalue weighted by Crippen LogP contribution is 2.25. The first-order valence-corrected chi connectivity index (χ1v) is 6.20. The highest BCUT2D eigenvalue weighted by atomic mass is 19.1. The molecular weight excluding hydrogens is 233 g/mol. The summed E-state index contributed by atoms with van der Waals surface area (Å²) >= 11 is 0. The molecule has 0 bridgehead atoms. The van der Waals surface area contributed by atoms with Gasteiger partial charge in [-0.05, 0) is 44.0 Å². The number of carboxylic acid groups (broad SMARTS) is 1. The molecular formula is C14H18FNO2. The maximum Gasteiger partial charge on any atom is 0.335 e. The summed E-state index contributed by atoms with van der Waals surface area (Å²) in [6, 6.07) is 6.85. The number of rotatable bonds is 3. The summed E-state index contributed by atoms with van der Waals surface area (Å²) in [6.07, 6.45) is 1.46. The Morgan fingerprint density at radius 1 is 1.56 bits per heavy atom. The van der Waals surface area contributed by atoms with Gasteiger partial charge in [0.05, 0.1) is 5.56 Å². The van der Waals surface area contributed by atoms with Crippen LogP contribution in [-0.4, -0.2) is 34.7 Å². The lowest BCUT2D eigenvalue weighted by molar-refractivity contribution is 0.0561. The van der Waals surface area contributed by atoms with Gasteiger partial charge >= 0.3 is 5.97 Å². The summed E-state index contributed by atoms with van der Waals surface area (Å²) in [7, 11) is 0. The van der Waals surface area contributed by atoms with Gasteiger partial charge < -0.3 is 5.11 Å². The molecule has 0 aliphatic carbocycles. The van der Waals surface area contributed by atoms with E-state index in [1.54, 1.807) is 25.1 Å². The molecule has 1 aliphatic heterocycles. The Balaban J connectivity index is 2.05. The molecule has 0 spiro atoms. The smallest absolute Gasteiger partial charge is 0.335 e. The van der Waals surface area contributed by atoms with Crippen LogP contribution in [0.1, 0.15) is 35.7 Å². The molecule has 0 amide bonds. The van der Waals surface area contributed by atoms with Crippen molar-refractivity contribution in [2.45, 2.75) is 32.0 Å². The summed E-state index contributed by atoms with van der Waals surface area (Å²) in [5.74, 6) is -0.925. The van der Waals surface area contributed by atoms with Crippen LogP contribution in [0, 0.1) is 0 Å². The SMILES string of the molecule is CC1(F)CCCN(Cc2cccc(C(=O)O)c2)C1. The van der Waals surface area contributed by atoms with Gasteiger partial charge in [0.15, 0.2) is 0 Å². The van der Waals surface area contributed by atoms with Crippen LogP contribution in [0.2, 0.25) is 0 Å². The Labute approximate surface area is 106 Å². The summed E-state index contributed by atoms with van der Waals surface area (Å²) in [5.41, 5.74) is 0.0861. The molecule has 1 unspecified atom stereocenters. The van der Waals surface area contributed by atoms with Crippen molar-refractivity contribution < 1.29 is 14.3 Å². The van der Waals surface area contributed by atoms with Gasteiger partial charge in [-0.1, -0.05) is 12.1 Å². The number of likely N-dealkylation sites (tertiary alicyclic amines) is 1. The fourth-order valence-electron chi connectivity index (χ4n) is 2.49. The molecule has 2 rings (SSSR count). The Morgan fingerprint density at radius 3 is 3.00 bits per heavy atom. The Bertz CT molecular complexity index is 445. The fraction of sp³-hybridized carbons (Fsp3) is 0.500. The van der Waals surface area contributed by atoms with Gasteiger partial charge in [0.2, 0.25) is 0 Å². The number of nitrogens with zero attached hydrogens (tertiary/aromatic N) is 1. The van der Waals surface area contributed by atoms with Gasteiger partial charge in [0.1, 0.15) is 5.67 Å². The number of carbonyl (C=O) groups is 1. The van der Waals surface area contributed by atoms with Gasteiger partial charge in [-0.3, -0.25) is 4.90 Å². The molecule has 0 radical (unpaired) electrons. The van der Waals surface area contributed by atoms with Crippen molar-refractivity contribution in [3.63, 3.8) is 0 Å². The van der Waals surface area contributed by atoms with E-state index in [0.717, 1.165) is 18.5 Å². The van der Waals surface area contributed by atoms with Gasteiger partial charge in [0.25, 0.3) is 0 Å². The molecule has 1 aromatic carbocycles. The van der Waals surface area contributed by atoms with Gasteiger partial charge in [-0.15, -0.1) is 0 Å². The molecule has 1 fully saturated rings. The van der Waals surface area contributed by atoms with E-state index in [-0.39, 0.29) is 5.56 Å². The third kappa shape index (κ3) is 3.29. The van der Waals surface area contributed by atoms with Crippen molar-refractivity contribution in [3.05, 3.63) is 35.4 Å². The first-order valence-electron chi connectivity index (χ1n) is 6.20. The molecule has 0 saturated carbocycles. The molecule has 4 heteroatoms. The number of alkyl halides is 1. The monoisotopic (exact) mass is 251 g/mol. The largest absolute Gasteiger partial charge is 0.478 e. The van der Waals surface area contributed by atoms with E-state index in [4.69, 9.17) is 5.11 Å². The predicted octanol–water partition coefficient (Wildman–Crippen LogP) is 2.71. The zero-order valence-electron chi connectivity index (χ0n) is 10.5. The van der Waals surface area contributed by atoms with Crippen LogP contribution in [0.15, 0.2) is 24.3 Å². The zero-order valence-corrected chi connectivity index (χ0v) is 10.5. The summed E-state index contributed by atoms with van der Waals surface area (Å²) < 4.78 is 13.9. The average Bonchev–Trinajstić information content (AvgIpc) is 2.28. The summed E-state index contributed by atoms with van der Waals surface area (Å²) in [6.45, 7) is 3.54. The third-order valence-corrected chi connectivity index (χ3v) is 3.31. The van der Waals surface area contributed by atoms with E-state index >= 15 is 0 Å². The second kappa shape index (κ2) is 5.06. The average molecular weight is 251 g/mol. The molecule has 1 aromatic rings. The van der Waals surface area contributed by atoms with Gasteiger partial charge in [-0.2, -0.15) is 0 Å². The van der Waals surface area contributed by atoms with Crippen molar-refractivity contribution in [3.8, 4) is 0 Å². The first-order chi connectivity index (χ1) is 8.46. The second-order valence-corrected chi connectivity index (χ2v) is 5.23. The van der Waals surface area contributed by atoms with Crippen LogP contribution in [0.3, 0.4) is 0 Å². The normalized spacial score (nSPS) is 25.0. The Hall–Kier alpha value is -1.42. The number of carboxylic acids is 1. The lowest BCUT2D eigenvalue weighted by atomic mass is 9.96. The molecule has 18 heavy (non-hydrogen) atoms. The maximum absolute atomic E-state index is 13.9. The molecule has 1 atom stereocenters. The van der Waals surface area contributed by atoms with Crippen molar-refractivity contribution in [1.29, 1.82) is 0 Å². The van der Waals surface area contributed by atoms with Crippen LogP contribution in [0.4, 0.5) is 4.39 Å². The Kier molecular flexibility index (Phi) is 3.66. The van der Waals surface area contributed by atoms with Crippen molar-refractivity contribution in [2.24, 2.45) is 0 Å². The summed E-state index contributed by atoms with van der Waals surface area (Å²) in [4.78, 5) is 12.9. The minimum atomic E-state index is -1.12. The van der Waals surface area contributed by atoms with Crippen LogP contribution < -0.4 is 0 Å². The van der Waals surface area contributed by atoms with Crippen LogP contribution in [0.5, 0.6) is 0 Å². The summed E-state index contributed by atoms with van der Waals surface area (Å²) in [5, 5.41) is 8.92. The van der Waals surface area contributed by atoms with E-state index < -0.39 is 11.6 Å². The number of halogens is 1. The van der Waals surface area contributed by atoms with Crippen molar-refractivity contribution in [1.82, 2.24) is 4.90 Å². The fourth-order valence-corrected chi connectivity index (χ4v) is 2.49. The minimum absolute atomic E-state index is 0.285. The zero-order chi connectivity index (χ0) is 13.2. The first kappa shape index (κ1) is 13.0. The van der Waals surface area contributed by atoms with E-state index in [0.29, 0.717) is 19.5 Å². The lowest BCUT2D eigenvalue weighted by Gasteiger charge is -2.35. The molecule has 98 valence electrons. The van der Waals surface area contributed by atoms with Crippen molar-refractivity contribution in [2.75, 3.05) is 13.1 Å². The van der Waals surface area contributed by atoms with E-state index in [1.165, 1.54) is 0 Å². The molecule has 0 aromatic heterocycles. The van der Waals surface area contributed by atoms with E-state index in [9.17, 15) is 9.18 Å². The number of aromatic carboxylic acids is 1. The van der Waals surface area contributed by atoms with Gasteiger partial charge in [-0.25, -0.2) is 9.18 Å². The third-order valence-electron chi connectivity index (χ3n) is 3.31. The van der Waals surface area contributed by atoms with E-state index in [1.807, 2.05) is 11.0 Å². The van der Waals surface area contributed by atoms with Gasteiger partial charge in [0, 0.05) is 13.1 Å². The molecule has 1 saturated heterocycles. The van der Waals surface area contributed by atoms with Crippen molar-refractivity contribution >= 4 is 5.97 Å². The maximum atomic E-state index is 13.9. The highest BCUT2D eigenvalue weighted by molar-refractivity contribution is 5.87.